The summed E-state index contributed by atoms with van der Waals surface area (Å²) in [7, 11) is 0. The minimum atomic E-state index is -0.433. The molecule has 1 aliphatic rings. The third-order valence-electron chi connectivity index (χ3n) is 5.53. The number of carbonyl (C=O) groups is 1. The number of aromatic nitrogens is 3. The number of ether oxygens (including phenoxy) is 1. The number of halogens is 1. The summed E-state index contributed by atoms with van der Waals surface area (Å²) in [5.41, 5.74) is 8.11. The van der Waals surface area contributed by atoms with E-state index in [0.717, 1.165) is 5.56 Å². The highest BCUT2D eigenvalue weighted by Crippen LogP contribution is 2.41. The Morgan fingerprint density at radius 1 is 1.06 bits per heavy atom. The van der Waals surface area contributed by atoms with Crippen molar-refractivity contribution in [2.24, 2.45) is 0 Å². The molecule has 32 heavy (non-hydrogen) atoms. The number of nitrogen functional groups attached to an aromatic ring is 1. The van der Waals surface area contributed by atoms with Crippen LogP contribution < -0.4 is 15.4 Å². The lowest BCUT2D eigenvalue weighted by Crippen LogP contribution is -2.25. The number of anilines is 2. The Morgan fingerprint density at radius 2 is 1.91 bits per heavy atom. The van der Waals surface area contributed by atoms with Crippen LogP contribution in [0.15, 0.2) is 54.9 Å². The summed E-state index contributed by atoms with van der Waals surface area (Å²) >= 11 is 0. The van der Waals surface area contributed by atoms with Crippen molar-refractivity contribution in [1.82, 2.24) is 15.0 Å². The van der Waals surface area contributed by atoms with E-state index in [0.29, 0.717) is 58.7 Å². The van der Waals surface area contributed by atoms with Crippen LogP contribution in [0, 0.1) is 12.7 Å². The first kappa shape index (κ1) is 19.9. The zero-order chi connectivity index (χ0) is 22.2. The Bertz CT molecular complexity index is 1360. The largest absolute Gasteiger partial charge is 0.437 e. The van der Waals surface area contributed by atoms with E-state index in [1.54, 1.807) is 30.6 Å². The summed E-state index contributed by atoms with van der Waals surface area (Å²) in [6.45, 7) is 2.41. The molecule has 5 rings (SSSR count). The molecule has 0 atom stereocenters. The van der Waals surface area contributed by atoms with Crippen molar-refractivity contribution in [3.63, 3.8) is 0 Å². The SMILES string of the molecule is Cc1ccc2c(N3CCCC3=O)c(F)ccc2c1Oc1ncccc1-c1ccnc(N)n1. The Kier molecular flexibility index (Phi) is 4.89. The number of nitrogens with zero attached hydrogens (tertiary/aromatic N) is 4. The first-order chi connectivity index (χ1) is 15.5. The first-order valence-corrected chi connectivity index (χ1v) is 10.3. The average molecular weight is 429 g/mol. The van der Waals surface area contributed by atoms with Gasteiger partial charge in [0.05, 0.1) is 16.9 Å². The molecule has 0 aliphatic carbocycles. The van der Waals surface area contributed by atoms with E-state index in [9.17, 15) is 9.18 Å². The standard InChI is InChI=1S/C24H20FN5O2/c1-14-6-7-15-16(8-9-18(25)21(15)30-13-3-5-20(30)31)22(14)32-23-17(4-2-11-27-23)19-10-12-28-24(26)29-19/h2,4,6-12H,3,5,13H2,1H3,(H2,26,28,29). The molecular weight excluding hydrogens is 409 g/mol. The fourth-order valence-electron chi connectivity index (χ4n) is 4.03. The van der Waals surface area contributed by atoms with Crippen molar-refractivity contribution in [1.29, 1.82) is 0 Å². The third kappa shape index (κ3) is 3.39. The number of rotatable bonds is 4. The number of pyridine rings is 1. The number of hydrogen-bond donors (Lipinski definition) is 1. The van der Waals surface area contributed by atoms with E-state index in [4.69, 9.17) is 10.5 Å². The molecule has 2 aromatic carbocycles. The van der Waals surface area contributed by atoms with Gasteiger partial charge in [-0.25, -0.2) is 19.3 Å². The molecular formula is C24H20FN5O2. The van der Waals surface area contributed by atoms with Gasteiger partial charge >= 0.3 is 0 Å². The molecule has 1 aliphatic heterocycles. The lowest BCUT2D eigenvalue weighted by Gasteiger charge is -2.21. The van der Waals surface area contributed by atoms with Gasteiger partial charge in [0.25, 0.3) is 0 Å². The summed E-state index contributed by atoms with van der Waals surface area (Å²) in [6, 6.07) is 12.1. The molecule has 160 valence electrons. The quantitative estimate of drug-likeness (QED) is 0.508. The Labute approximate surface area is 183 Å². The zero-order valence-corrected chi connectivity index (χ0v) is 17.4. The fraction of sp³-hybridized carbons (Fsp3) is 0.167. The zero-order valence-electron chi connectivity index (χ0n) is 17.4. The molecule has 1 fully saturated rings. The molecule has 4 aromatic rings. The minimum Gasteiger partial charge on any atom is -0.437 e. The predicted octanol–water partition coefficient (Wildman–Crippen LogP) is 4.64. The van der Waals surface area contributed by atoms with Crippen LogP contribution in [-0.4, -0.2) is 27.4 Å². The normalized spacial score (nSPS) is 13.7. The van der Waals surface area contributed by atoms with E-state index in [1.165, 1.54) is 11.0 Å². The Balaban J connectivity index is 1.65. The molecule has 0 unspecified atom stereocenters. The van der Waals surface area contributed by atoms with Crippen LogP contribution in [0.1, 0.15) is 18.4 Å². The molecule has 2 N–H and O–H groups in total. The van der Waals surface area contributed by atoms with Crippen molar-refractivity contribution in [3.8, 4) is 22.9 Å². The van der Waals surface area contributed by atoms with Gasteiger partial charge in [0.15, 0.2) is 0 Å². The van der Waals surface area contributed by atoms with E-state index in [-0.39, 0.29) is 11.9 Å². The molecule has 0 saturated carbocycles. The van der Waals surface area contributed by atoms with E-state index in [2.05, 4.69) is 15.0 Å². The van der Waals surface area contributed by atoms with Crippen LogP contribution in [0.4, 0.5) is 16.0 Å². The summed E-state index contributed by atoms with van der Waals surface area (Å²) in [4.78, 5) is 26.5. The number of hydrogen-bond acceptors (Lipinski definition) is 6. The summed E-state index contributed by atoms with van der Waals surface area (Å²) < 4.78 is 21.1. The van der Waals surface area contributed by atoms with E-state index < -0.39 is 5.82 Å². The molecule has 1 amide bonds. The fourth-order valence-corrected chi connectivity index (χ4v) is 4.03. The topological polar surface area (TPSA) is 94.2 Å². The molecule has 2 aromatic heterocycles. The van der Waals surface area contributed by atoms with Crippen molar-refractivity contribution >= 4 is 28.3 Å². The Morgan fingerprint density at radius 3 is 2.69 bits per heavy atom. The second-order valence-electron chi connectivity index (χ2n) is 7.61. The first-order valence-electron chi connectivity index (χ1n) is 10.3. The maximum atomic E-state index is 14.9. The summed E-state index contributed by atoms with van der Waals surface area (Å²) in [5, 5.41) is 1.31. The maximum absolute atomic E-state index is 14.9. The molecule has 0 bridgehead atoms. The second kappa shape index (κ2) is 7.88. The lowest BCUT2D eigenvalue weighted by atomic mass is 10.0. The van der Waals surface area contributed by atoms with Gasteiger partial charge in [-0.15, -0.1) is 0 Å². The lowest BCUT2D eigenvalue weighted by molar-refractivity contribution is -0.117. The maximum Gasteiger partial charge on any atom is 0.228 e. The smallest absolute Gasteiger partial charge is 0.228 e. The van der Waals surface area contributed by atoms with Gasteiger partial charge in [0.2, 0.25) is 17.7 Å². The molecule has 1 saturated heterocycles. The van der Waals surface area contributed by atoms with Gasteiger partial charge in [0, 0.05) is 36.1 Å². The number of aryl methyl sites for hydroxylation is 1. The minimum absolute atomic E-state index is 0.0761. The summed E-state index contributed by atoms with van der Waals surface area (Å²) in [6.07, 6.45) is 4.32. The van der Waals surface area contributed by atoms with Gasteiger partial charge in [-0.3, -0.25) is 4.79 Å². The van der Waals surface area contributed by atoms with E-state index in [1.807, 2.05) is 25.1 Å². The number of benzene rings is 2. The van der Waals surface area contributed by atoms with Gasteiger partial charge in [-0.05, 0) is 49.2 Å². The van der Waals surface area contributed by atoms with Crippen LogP contribution in [0.2, 0.25) is 0 Å². The summed E-state index contributed by atoms with van der Waals surface area (Å²) in [5.74, 6) is 0.515. The van der Waals surface area contributed by atoms with Crippen LogP contribution >= 0.6 is 0 Å². The third-order valence-corrected chi connectivity index (χ3v) is 5.53. The van der Waals surface area contributed by atoms with Crippen molar-refractivity contribution in [2.45, 2.75) is 19.8 Å². The van der Waals surface area contributed by atoms with Crippen LogP contribution in [-0.2, 0) is 4.79 Å². The second-order valence-corrected chi connectivity index (χ2v) is 7.61. The number of nitrogens with two attached hydrogens (primary N) is 1. The van der Waals surface area contributed by atoms with Gasteiger partial charge in [0.1, 0.15) is 11.6 Å². The number of carbonyl (C=O) groups excluding carboxylic acids is 1. The highest BCUT2D eigenvalue weighted by molar-refractivity contribution is 6.07. The monoisotopic (exact) mass is 429 g/mol. The van der Waals surface area contributed by atoms with E-state index >= 15 is 0 Å². The van der Waals surface area contributed by atoms with Crippen LogP contribution in [0.3, 0.4) is 0 Å². The molecule has 3 heterocycles. The van der Waals surface area contributed by atoms with Crippen molar-refractivity contribution in [3.05, 3.63) is 66.2 Å². The van der Waals surface area contributed by atoms with Gasteiger partial charge in [-0.1, -0.05) is 12.1 Å². The molecule has 0 radical (unpaired) electrons. The van der Waals surface area contributed by atoms with Crippen LogP contribution in [0.25, 0.3) is 22.0 Å². The highest BCUT2D eigenvalue weighted by atomic mass is 19.1. The van der Waals surface area contributed by atoms with Gasteiger partial charge in [-0.2, -0.15) is 0 Å². The molecule has 7 nitrogen and oxygen atoms in total. The average Bonchev–Trinajstić information content (AvgIpc) is 3.21. The molecule has 8 heteroatoms. The van der Waals surface area contributed by atoms with Crippen molar-refractivity contribution < 1.29 is 13.9 Å². The predicted molar refractivity (Wildman–Crippen MR) is 120 cm³/mol. The van der Waals surface area contributed by atoms with Gasteiger partial charge < -0.3 is 15.4 Å². The van der Waals surface area contributed by atoms with Crippen molar-refractivity contribution in [2.75, 3.05) is 17.2 Å². The number of fused-ring (bicyclic) bond motifs is 1. The highest BCUT2D eigenvalue weighted by Gasteiger charge is 2.27. The van der Waals surface area contributed by atoms with Crippen LogP contribution in [0.5, 0.6) is 11.6 Å². The Hall–Kier alpha value is -4.07. The molecule has 0 spiro atoms. The number of amides is 1.